The largest absolute Gasteiger partial charge is 0.454 e. The molecule has 9 nitrogen and oxygen atoms in total. The van der Waals surface area contributed by atoms with Crippen molar-refractivity contribution in [3.8, 4) is 0 Å². The number of halogens is 1. The molecule has 1 atom stereocenters. The molecule has 1 aromatic carbocycles. The van der Waals surface area contributed by atoms with Crippen molar-refractivity contribution < 1.29 is 31.9 Å². The Morgan fingerprint density at radius 2 is 1.92 bits per heavy atom. The van der Waals surface area contributed by atoms with E-state index in [2.05, 4.69) is 5.32 Å². The zero-order valence-electron chi connectivity index (χ0n) is 13.9. The number of ether oxygens (including phenoxy) is 1. The van der Waals surface area contributed by atoms with Crippen LogP contribution in [0.2, 0.25) is 0 Å². The maximum Gasteiger partial charge on any atom is 0.324 e. The number of carbonyl (C=O) groups is 3. The van der Waals surface area contributed by atoms with Gasteiger partial charge in [0.1, 0.15) is 11.9 Å². The van der Waals surface area contributed by atoms with Crippen molar-refractivity contribution in [2.45, 2.75) is 23.8 Å². The van der Waals surface area contributed by atoms with Crippen LogP contribution in [0.4, 0.5) is 9.18 Å². The first-order valence-corrected chi connectivity index (χ1v) is 9.15. The topological polar surface area (TPSA) is 122 Å². The van der Waals surface area contributed by atoms with E-state index in [1.807, 2.05) is 5.32 Å². The van der Waals surface area contributed by atoms with Gasteiger partial charge in [0.05, 0.1) is 4.90 Å². The molecule has 0 radical (unpaired) electrons. The highest BCUT2D eigenvalue weighted by Gasteiger charge is 2.40. The van der Waals surface area contributed by atoms with Gasteiger partial charge in [-0.15, -0.1) is 0 Å². The number of hydrogen-bond acceptors (Lipinski definition) is 6. The normalized spacial score (nSPS) is 17.5. The zero-order chi connectivity index (χ0) is 19.3. The monoisotopic (exact) mass is 387 g/mol. The summed E-state index contributed by atoms with van der Waals surface area (Å²) in [4.78, 5) is 34.5. The number of esters is 1. The molecule has 26 heavy (non-hydrogen) atoms. The number of nitrogens with zero attached hydrogens (tertiary/aromatic N) is 1. The second-order valence-corrected chi connectivity index (χ2v) is 7.35. The minimum Gasteiger partial charge on any atom is -0.454 e. The number of benzene rings is 1. The van der Waals surface area contributed by atoms with Crippen molar-refractivity contribution >= 4 is 27.9 Å². The molecule has 0 spiro atoms. The number of nitrogens with one attached hydrogen (secondary N) is 2. The van der Waals surface area contributed by atoms with E-state index in [4.69, 9.17) is 4.74 Å². The van der Waals surface area contributed by atoms with Gasteiger partial charge in [0.25, 0.3) is 5.91 Å². The van der Waals surface area contributed by atoms with E-state index in [-0.39, 0.29) is 17.9 Å². The summed E-state index contributed by atoms with van der Waals surface area (Å²) in [6, 6.07) is 2.41. The first-order chi connectivity index (χ1) is 12.3. The maximum absolute atomic E-state index is 13.0. The first-order valence-electron chi connectivity index (χ1n) is 7.71. The highest BCUT2D eigenvalue weighted by Crippen LogP contribution is 2.27. The molecule has 2 N–H and O–H groups in total. The van der Waals surface area contributed by atoms with Crippen molar-refractivity contribution in [2.24, 2.45) is 0 Å². The lowest BCUT2D eigenvalue weighted by Crippen LogP contribution is -2.43. The fraction of sp³-hybridized carbons (Fsp3) is 0.400. The van der Waals surface area contributed by atoms with Crippen LogP contribution in [0.1, 0.15) is 12.8 Å². The van der Waals surface area contributed by atoms with Crippen molar-refractivity contribution in [3.63, 3.8) is 0 Å². The lowest BCUT2D eigenvalue weighted by atomic mass is 10.2. The molecule has 1 aromatic rings. The maximum atomic E-state index is 13.0. The number of carbonyl (C=O) groups excluding carboxylic acids is 3. The zero-order valence-corrected chi connectivity index (χ0v) is 14.7. The average molecular weight is 387 g/mol. The molecule has 0 saturated carbocycles. The van der Waals surface area contributed by atoms with Gasteiger partial charge in [-0.3, -0.25) is 14.9 Å². The highest BCUT2D eigenvalue weighted by molar-refractivity contribution is 7.89. The van der Waals surface area contributed by atoms with Crippen LogP contribution in [-0.2, 0) is 24.3 Å². The summed E-state index contributed by atoms with van der Waals surface area (Å²) in [6.45, 7) is -0.614. The highest BCUT2D eigenvalue weighted by atomic mass is 32.2. The van der Waals surface area contributed by atoms with E-state index < -0.39 is 46.4 Å². The van der Waals surface area contributed by atoms with Crippen LogP contribution < -0.4 is 10.6 Å². The molecule has 0 aromatic heterocycles. The van der Waals surface area contributed by atoms with E-state index in [0.29, 0.717) is 6.42 Å². The SMILES string of the molecule is CNC(=O)NC(=O)COC(=O)[C@@H]1CCCN1S(=O)(=O)c1ccc(F)cc1. The van der Waals surface area contributed by atoms with Crippen LogP contribution in [0.5, 0.6) is 0 Å². The molecule has 1 heterocycles. The molecule has 3 amide bonds. The molecule has 0 unspecified atom stereocenters. The molecule has 0 bridgehead atoms. The number of amides is 3. The Hall–Kier alpha value is -2.53. The molecule has 1 saturated heterocycles. The van der Waals surface area contributed by atoms with Gasteiger partial charge < -0.3 is 10.1 Å². The summed E-state index contributed by atoms with van der Waals surface area (Å²) in [5, 5.41) is 4.08. The molecule has 142 valence electrons. The number of imide groups is 1. The number of hydrogen-bond donors (Lipinski definition) is 2. The second-order valence-electron chi connectivity index (χ2n) is 5.46. The summed E-state index contributed by atoms with van der Waals surface area (Å²) < 4.78 is 44.1. The Morgan fingerprint density at radius 1 is 1.27 bits per heavy atom. The third-order valence-electron chi connectivity index (χ3n) is 3.72. The van der Waals surface area contributed by atoms with Crippen LogP contribution >= 0.6 is 0 Å². The Labute approximate surface area is 149 Å². The van der Waals surface area contributed by atoms with Crippen LogP contribution in [0, 0.1) is 5.82 Å². The summed E-state index contributed by atoms with van der Waals surface area (Å²) >= 11 is 0. The lowest BCUT2D eigenvalue weighted by molar-refractivity contribution is -0.151. The van der Waals surface area contributed by atoms with Gasteiger partial charge in [0, 0.05) is 13.6 Å². The van der Waals surface area contributed by atoms with Crippen molar-refractivity contribution in [1.29, 1.82) is 0 Å². The number of urea groups is 1. The third kappa shape index (κ3) is 4.55. The van der Waals surface area contributed by atoms with E-state index >= 15 is 0 Å². The van der Waals surface area contributed by atoms with Gasteiger partial charge in [-0.2, -0.15) is 4.31 Å². The van der Waals surface area contributed by atoms with Gasteiger partial charge in [0.15, 0.2) is 6.61 Å². The second kappa shape index (κ2) is 8.23. The van der Waals surface area contributed by atoms with E-state index in [9.17, 15) is 27.2 Å². The van der Waals surface area contributed by atoms with Gasteiger partial charge >= 0.3 is 12.0 Å². The van der Waals surface area contributed by atoms with Crippen molar-refractivity contribution in [1.82, 2.24) is 14.9 Å². The lowest BCUT2D eigenvalue weighted by Gasteiger charge is -2.22. The quantitative estimate of drug-likeness (QED) is 0.685. The molecule has 11 heteroatoms. The fourth-order valence-corrected chi connectivity index (χ4v) is 4.11. The summed E-state index contributed by atoms with van der Waals surface area (Å²) in [6.07, 6.45) is 0.668. The van der Waals surface area contributed by atoms with Crippen LogP contribution in [0.15, 0.2) is 29.2 Å². The smallest absolute Gasteiger partial charge is 0.324 e. The average Bonchev–Trinajstić information content (AvgIpc) is 3.10. The molecule has 1 fully saturated rings. The van der Waals surface area contributed by atoms with Crippen LogP contribution in [-0.4, -0.2) is 56.9 Å². The van der Waals surface area contributed by atoms with Gasteiger partial charge in [0.2, 0.25) is 10.0 Å². The molecule has 2 rings (SSSR count). The van der Waals surface area contributed by atoms with E-state index in [1.54, 1.807) is 0 Å². The molecule has 1 aliphatic heterocycles. The molecular weight excluding hydrogens is 369 g/mol. The Morgan fingerprint density at radius 3 is 2.54 bits per heavy atom. The molecular formula is C15H18FN3O6S. The summed E-state index contributed by atoms with van der Waals surface area (Å²) in [7, 11) is -2.70. The standard InChI is InChI=1S/C15H18FN3O6S/c1-17-15(22)18-13(20)9-25-14(21)12-3-2-8-19(12)26(23,24)11-6-4-10(16)5-7-11/h4-7,12H,2-3,8-9H2,1H3,(H2,17,18,20,22)/t12-/m0/s1. The Balaban J connectivity index is 2.04. The third-order valence-corrected chi connectivity index (χ3v) is 5.64. The fourth-order valence-electron chi connectivity index (χ4n) is 2.46. The van der Waals surface area contributed by atoms with Crippen molar-refractivity contribution in [2.75, 3.05) is 20.2 Å². The minimum absolute atomic E-state index is 0.101. The van der Waals surface area contributed by atoms with Crippen molar-refractivity contribution in [3.05, 3.63) is 30.1 Å². The predicted octanol–water partition coefficient (Wildman–Crippen LogP) is -0.0224. The van der Waals surface area contributed by atoms with E-state index in [0.717, 1.165) is 28.6 Å². The number of sulfonamides is 1. The van der Waals surface area contributed by atoms with Crippen LogP contribution in [0.25, 0.3) is 0 Å². The predicted molar refractivity (Wildman–Crippen MR) is 86.9 cm³/mol. The van der Waals surface area contributed by atoms with Gasteiger partial charge in [-0.05, 0) is 37.1 Å². The van der Waals surface area contributed by atoms with Gasteiger partial charge in [-0.1, -0.05) is 0 Å². The van der Waals surface area contributed by atoms with Crippen LogP contribution in [0.3, 0.4) is 0 Å². The first kappa shape index (κ1) is 19.8. The Kier molecular flexibility index (Phi) is 6.27. The van der Waals surface area contributed by atoms with E-state index in [1.165, 1.54) is 7.05 Å². The minimum atomic E-state index is -4.01. The Bertz CT molecular complexity index is 796. The molecule has 1 aliphatic rings. The summed E-state index contributed by atoms with van der Waals surface area (Å²) in [5.41, 5.74) is 0. The number of rotatable bonds is 5. The van der Waals surface area contributed by atoms with Gasteiger partial charge in [-0.25, -0.2) is 17.6 Å². The summed E-state index contributed by atoms with van der Waals surface area (Å²) in [5.74, 6) is -2.31. The molecule has 0 aliphatic carbocycles.